The van der Waals surface area contributed by atoms with Gasteiger partial charge in [-0.15, -0.1) is 0 Å². The number of hydrogen-bond donors (Lipinski definition) is 2. The van der Waals surface area contributed by atoms with Gasteiger partial charge in [0.15, 0.2) is 6.61 Å². The van der Waals surface area contributed by atoms with E-state index < -0.39 is 41.0 Å². The van der Waals surface area contributed by atoms with Gasteiger partial charge in [-0.25, -0.2) is 4.79 Å². The predicted molar refractivity (Wildman–Crippen MR) is 101 cm³/mol. The van der Waals surface area contributed by atoms with Crippen LogP contribution >= 0.6 is 11.6 Å². The van der Waals surface area contributed by atoms with Crippen LogP contribution in [0.4, 0.5) is 11.4 Å². The molecule has 0 aromatic heterocycles. The maximum absolute atomic E-state index is 12.0. The lowest BCUT2D eigenvalue weighted by Gasteiger charge is -2.13. The molecule has 0 aliphatic carbocycles. The number of ether oxygens (including phenoxy) is 1. The van der Waals surface area contributed by atoms with Gasteiger partial charge in [0.05, 0.1) is 4.92 Å². The van der Waals surface area contributed by atoms with E-state index in [4.69, 9.17) is 16.3 Å². The molecule has 10 heteroatoms. The topological polar surface area (TPSA) is 128 Å². The molecule has 0 unspecified atom stereocenters. The van der Waals surface area contributed by atoms with Crippen LogP contribution in [0.1, 0.15) is 17.3 Å². The first kappa shape index (κ1) is 20.8. The molecule has 2 N–H and O–H groups in total. The monoisotopic (exact) mass is 405 g/mol. The van der Waals surface area contributed by atoms with Gasteiger partial charge in [0.25, 0.3) is 17.5 Å². The molecule has 2 amide bonds. The summed E-state index contributed by atoms with van der Waals surface area (Å²) >= 11 is 5.70. The average molecular weight is 406 g/mol. The zero-order chi connectivity index (χ0) is 20.7. The fourth-order valence-corrected chi connectivity index (χ4v) is 2.30. The molecule has 0 saturated heterocycles. The molecule has 0 spiro atoms. The normalized spacial score (nSPS) is 11.2. The standard InChI is InChI=1S/C18H16ClN3O6/c1-11(20-17(24)12-5-3-2-4-6-12)18(25)28-10-16(23)21-14-8-7-13(19)9-15(14)22(26)27/h2-9,11H,10H2,1H3,(H,20,24)(H,21,23)/t11-/m0/s1. The zero-order valence-corrected chi connectivity index (χ0v) is 15.4. The Morgan fingerprint density at radius 3 is 2.50 bits per heavy atom. The van der Waals surface area contributed by atoms with Crippen molar-refractivity contribution in [2.45, 2.75) is 13.0 Å². The number of carbonyl (C=O) groups excluding carboxylic acids is 3. The molecule has 0 radical (unpaired) electrons. The molecule has 0 saturated carbocycles. The maximum Gasteiger partial charge on any atom is 0.328 e. The predicted octanol–water partition coefficient (Wildman–Crippen LogP) is 2.55. The maximum atomic E-state index is 12.0. The minimum atomic E-state index is -0.995. The van der Waals surface area contributed by atoms with Gasteiger partial charge in [-0.05, 0) is 31.2 Å². The van der Waals surface area contributed by atoms with E-state index in [1.807, 2.05) is 0 Å². The average Bonchev–Trinajstić information content (AvgIpc) is 2.67. The number of esters is 1. The Balaban J connectivity index is 1.88. The van der Waals surface area contributed by atoms with Crippen LogP contribution in [0.2, 0.25) is 5.02 Å². The molecule has 1 atom stereocenters. The summed E-state index contributed by atoms with van der Waals surface area (Å²) in [6.07, 6.45) is 0. The van der Waals surface area contributed by atoms with E-state index in [0.29, 0.717) is 5.56 Å². The lowest BCUT2D eigenvalue weighted by atomic mass is 10.2. The van der Waals surface area contributed by atoms with Gasteiger partial charge in [-0.1, -0.05) is 29.8 Å². The number of anilines is 1. The molecule has 9 nitrogen and oxygen atoms in total. The van der Waals surface area contributed by atoms with E-state index in [2.05, 4.69) is 10.6 Å². The van der Waals surface area contributed by atoms with E-state index in [9.17, 15) is 24.5 Å². The Morgan fingerprint density at radius 2 is 1.86 bits per heavy atom. The quantitative estimate of drug-likeness (QED) is 0.414. The highest BCUT2D eigenvalue weighted by atomic mass is 35.5. The van der Waals surface area contributed by atoms with Crippen LogP contribution in [0.5, 0.6) is 0 Å². The second-order valence-corrected chi connectivity index (χ2v) is 6.07. The van der Waals surface area contributed by atoms with Crippen molar-refractivity contribution in [3.05, 3.63) is 69.2 Å². The van der Waals surface area contributed by atoms with Gasteiger partial charge in [-0.3, -0.25) is 19.7 Å². The summed E-state index contributed by atoms with van der Waals surface area (Å²) in [6.45, 7) is 0.731. The van der Waals surface area contributed by atoms with Crippen molar-refractivity contribution >= 4 is 40.8 Å². The fourth-order valence-electron chi connectivity index (χ4n) is 2.14. The molecule has 146 valence electrons. The van der Waals surface area contributed by atoms with Crippen molar-refractivity contribution < 1.29 is 24.0 Å². The van der Waals surface area contributed by atoms with E-state index in [0.717, 1.165) is 6.07 Å². The molecule has 2 rings (SSSR count). The van der Waals surface area contributed by atoms with Gasteiger partial charge >= 0.3 is 5.97 Å². The molecular weight excluding hydrogens is 390 g/mol. The first-order valence-electron chi connectivity index (χ1n) is 8.04. The highest BCUT2D eigenvalue weighted by Gasteiger charge is 2.20. The summed E-state index contributed by atoms with van der Waals surface area (Å²) in [5, 5.41) is 15.9. The number of nitro groups is 1. The highest BCUT2D eigenvalue weighted by Crippen LogP contribution is 2.27. The van der Waals surface area contributed by atoms with E-state index in [-0.39, 0.29) is 10.7 Å². The lowest BCUT2D eigenvalue weighted by Crippen LogP contribution is -2.40. The molecule has 2 aromatic carbocycles. The molecule has 0 fully saturated rings. The second-order valence-electron chi connectivity index (χ2n) is 5.64. The van der Waals surface area contributed by atoms with Gasteiger partial charge in [-0.2, -0.15) is 0 Å². The number of halogens is 1. The third kappa shape index (κ3) is 5.78. The van der Waals surface area contributed by atoms with Crippen molar-refractivity contribution in [2.24, 2.45) is 0 Å². The summed E-state index contributed by atoms with van der Waals surface area (Å²) in [5.74, 6) is -2.07. The van der Waals surface area contributed by atoms with Crippen LogP contribution in [0, 0.1) is 10.1 Å². The van der Waals surface area contributed by atoms with Crippen LogP contribution in [-0.2, 0) is 14.3 Å². The smallest absolute Gasteiger partial charge is 0.328 e. The third-order valence-corrected chi connectivity index (χ3v) is 3.75. The number of nitrogens with one attached hydrogen (secondary N) is 2. The van der Waals surface area contributed by atoms with Crippen molar-refractivity contribution in [2.75, 3.05) is 11.9 Å². The van der Waals surface area contributed by atoms with Crippen molar-refractivity contribution in [3.8, 4) is 0 Å². The molecule has 28 heavy (non-hydrogen) atoms. The highest BCUT2D eigenvalue weighted by molar-refractivity contribution is 6.31. The summed E-state index contributed by atoms with van der Waals surface area (Å²) in [4.78, 5) is 46.2. The number of rotatable bonds is 7. The van der Waals surface area contributed by atoms with Crippen LogP contribution in [-0.4, -0.2) is 35.4 Å². The summed E-state index contributed by atoms with van der Waals surface area (Å²) in [6, 6.07) is 11.0. The van der Waals surface area contributed by atoms with E-state index in [1.54, 1.807) is 30.3 Å². The Kier molecular flexibility index (Phi) is 7.05. The summed E-state index contributed by atoms with van der Waals surface area (Å²) < 4.78 is 4.84. The van der Waals surface area contributed by atoms with E-state index in [1.165, 1.54) is 19.1 Å². The second kappa shape index (κ2) is 9.47. The van der Waals surface area contributed by atoms with Crippen molar-refractivity contribution in [1.29, 1.82) is 0 Å². The number of nitro benzene ring substituents is 1. The zero-order valence-electron chi connectivity index (χ0n) is 14.7. The molecule has 0 bridgehead atoms. The van der Waals surface area contributed by atoms with E-state index >= 15 is 0 Å². The first-order chi connectivity index (χ1) is 13.3. The van der Waals surface area contributed by atoms with Gasteiger partial charge in [0, 0.05) is 16.7 Å². The van der Waals surface area contributed by atoms with Gasteiger partial charge in [0.2, 0.25) is 0 Å². The van der Waals surface area contributed by atoms with Crippen molar-refractivity contribution in [3.63, 3.8) is 0 Å². The molecule has 0 aliphatic rings. The number of nitrogens with zero attached hydrogens (tertiary/aromatic N) is 1. The largest absolute Gasteiger partial charge is 0.454 e. The number of benzene rings is 2. The minimum Gasteiger partial charge on any atom is -0.454 e. The number of amides is 2. The molecular formula is C18H16ClN3O6. The summed E-state index contributed by atoms with van der Waals surface area (Å²) in [7, 11) is 0. The Morgan fingerprint density at radius 1 is 1.18 bits per heavy atom. The fraction of sp³-hybridized carbons (Fsp3) is 0.167. The Labute approximate surface area is 164 Å². The molecule has 0 aliphatic heterocycles. The lowest BCUT2D eigenvalue weighted by molar-refractivity contribution is -0.383. The number of carbonyl (C=O) groups is 3. The van der Waals surface area contributed by atoms with Crippen LogP contribution in [0.15, 0.2) is 48.5 Å². The third-order valence-electron chi connectivity index (χ3n) is 3.51. The van der Waals surface area contributed by atoms with Gasteiger partial charge in [0.1, 0.15) is 11.7 Å². The summed E-state index contributed by atoms with van der Waals surface area (Å²) in [5.41, 5.74) is -0.105. The van der Waals surface area contributed by atoms with Gasteiger partial charge < -0.3 is 15.4 Å². The molecule has 2 aromatic rings. The van der Waals surface area contributed by atoms with Crippen LogP contribution < -0.4 is 10.6 Å². The Bertz CT molecular complexity index is 903. The molecule has 0 heterocycles. The minimum absolute atomic E-state index is 0.0825. The SMILES string of the molecule is C[C@H](NC(=O)c1ccccc1)C(=O)OCC(=O)Nc1ccc(Cl)cc1[N+](=O)[O-]. The van der Waals surface area contributed by atoms with Crippen LogP contribution in [0.25, 0.3) is 0 Å². The number of hydrogen-bond acceptors (Lipinski definition) is 6. The van der Waals surface area contributed by atoms with Crippen LogP contribution in [0.3, 0.4) is 0 Å². The first-order valence-corrected chi connectivity index (χ1v) is 8.42. The Hall–Kier alpha value is -3.46. The van der Waals surface area contributed by atoms with Crippen molar-refractivity contribution in [1.82, 2.24) is 5.32 Å².